The second-order valence-corrected chi connectivity index (χ2v) is 6.39. The number of aromatic amines is 1. The number of likely N-dealkylation sites (tertiary alicyclic amines) is 1. The van der Waals surface area contributed by atoms with Crippen LogP contribution in [0.3, 0.4) is 0 Å². The van der Waals surface area contributed by atoms with E-state index in [4.69, 9.17) is 0 Å². The van der Waals surface area contributed by atoms with Gasteiger partial charge in [0.1, 0.15) is 0 Å². The zero-order chi connectivity index (χ0) is 16.4. The number of hydrogen-bond donors (Lipinski definition) is 1. The Morgan fingerprint density at radius 3 is 2.29 bits per heavy atom. The number of benzene rings is 2. The van der Waals surface area contributed by atoms with Crippen molar-refractivity contribution in [3.8, 4) is 0 Å². The highest BCUT2D eigenvalue weighted by atomic mass is 16.1. The maximum Gasteiger partial charge on any atom is 0.272 e. The Hall–Kier alpha value is -2.46. The van der Waals surface area contributed by atoms with E-state index in [1.165, 1.54) is 24.8 Å². The van der Waals surface area contributed by atoms with Gasteiger partial charge in [0, 0.05) is 5.39 Å². The van der Waals surface area contributed by atoms with E-state index in [9.17, 15) is 4.79 Å². The average molecular weight is 319 g/mol. The molecule has 0 aliphatic carbocycles. The van der Waals surface area contributed by atoms with Gasteiger partial charge in [0.15, 0.2) is 0 Å². The van der Waals surface area contributed by atoms with Gasteiger partial charge >= 0.3 is 0 Å². The SMILES string of the molecule is O=c1[nH]nc(C(c2ccccc2)N2CCCCC2)c2ccccc12. The van der Waals surface area contributed by atoms with E-state index in [2.05, 4.69) is 39.4 Å². The van der Waals surface area contributed by atoms with Gasteiger partial charge in [-0.15, -0.1) is 0 Å². The lowest BCUT2D eigenvalue weighted by atomic mass is 9.96. The zero-order valence-corrected chi connectivity index (χ0v) is 13.6. The highest BCUT2D eigenvalue weighted by molar-refractivity contribution is 5.84. The predicted octanol–water partition coefficient (Wildman–Crippen LogP) is 3.50. The van der Waals surface area contributed by atoms with Gasteiger partial charge in [-0.1, -0.05) is 55.0 Å². The van der Waals surface area contributed by atoms with Crippen molar-refractivity contribution >= 4 is 10.8 Å². The molecule has 3 aromatic rings. The molecule has 0 saturated carbocycles. The third-order valence-corrected chi connectivity index (χ3v) is 4.86. The Labute approximate surface area is 141 Å². The summed E-state index contributed by atoms with van der Waals surface area (Å²) in [5.74, 6) is 0. The number of piperidine rings is 1. The molecule has 2 heterocycles. The first-order valence-electron chi connectivity index (χ1n) is 8.61. The van der Waals surface area contributed by atoms with Crippen LogP contribution in [-0.2, 0) is 0 Å². The molecule has 1 aliphatic heterocycles. The van der Waals surface area contributed by atoms with Crippen LogP contribution in [0.15, 0.2) is 59.4 Å². The molecule has 4 rings (SSSR count). The number of rotatable bonds is 3. The lowest BCUT2D eigenvalue weighted by Crippen LogP contribution is -2.35. The van der Waals surface area contributed by atoms with Crippen molar-refractivity contribution in [2.45, 2.75) is 25.3 Å². The lowest BCUT2D eigenvalue weighted by molar-refractivity contribution is 0.185. The molecule has 122 valence electrons. The number of nitrogens with one attached hydrogen (secondary N) is 1. The highest BCUT2D eigenvalue weighted by Crippen LogP contribution is 2.32. The summed E-state index contributed by atoms with van der Waals surface area (Å²) in [6.45, 7) is 2.13. The number of fused-ring (bicyclic) bond motifs is 1. The van der Waals surface area contributed by atoms with E-state index in [-0.39, 0.29) is 11.6 Å². The second-order valence-electron chi connectivity index (χ2n) is 6.39. The van der Waals surface area contributed by atoms with E-state index in [1.807, 2.05) is 30.3 Å². The molecule has 0 amide bonds. The summed E-state index contributed by atoms with van der Waals surface area (Å²) in [5, 5.41) is 8.83. The van der Waals surface area contributed by atoms with Crippen molar-refractivity contribution in [3.05, 3.63) is 76.2 Å². The van der Waals surface area contributed by atoms with Crippen molar-refractivity contribution < 1.29 is 0 Å². The number of nitrogens with zero attached hydrogens (tertiary/aromatic N) is 2. The molecule has 0 spiro atoms. The summed E-state index contributed by atoms with van der Waals surface area (Å²) in [6, 6.07) is 18.3. The Bertz CT molecular complexity index is 882. The lowest BCUT2D eigenvalue weighted by Gasteiger charge is -2.34. The van der Waals surface area contributed by atoms with Crippen LogP contribution in [0.2, 0.25) is 0 Å². The fourth-order valence-electron chi connectivity index (χ4n) is 3.70. The third kappa shape index (κ3) is 2.74. The van der Waals surface area contributed by atoms with Gasteiger partial charge in [-0.05, 0) is 37.6 Å². The van der Waals surface area contributed by atoms with Gasteiger partial charge in [-0.3, -0.25) is 9.69 Å². The summed E-state index contributed by atoms with van der Waals surface area (Å²) in [4.78, 5) is 14.6. The third-order valence-electron chi connectivity index (χ3n) is 4.86. The molecule has 1 aromatic heterocycles. The molecule has 4 heteroatoms. The van der Waals surface area contributed by atoms with Gasteiger partial charge < -0.3 is 0 Å². The summed E-state index contributed by atoms with van der Waals surface area (Å²) < 4.78 is 0. The molecule has 24 heavy (non-hydrogen) atoms. The summed E-state index contributed by atoms with van der Waals surface area (Å²) >= 11 is 0. The van der Waals surface area contributed by atoms with Crippen LogP contribution in [0, 0.1) is 0 Å². The van der Waals surface area contributed by atoms with Crippen molar-refractivity contribution in [1.82, 2.24) is 15.1 Å². The minimum atomic E-state index is -0.125. The Morgan fingerprint density at radius 1 is 0.875 bits per heavy atom. The van der Waals surface area contributed by atoms with Gasteiger partial charge in [0.05, 0.1) is 17.1 Å². The first-order valence-corrected chi connectivity index (χ1v) is 8.61. The molecule has 1 unspecified atom stereocenters. The maximum absolute atomic E-state index is 12.1. The predicted molar refractivity (Wildman–Crippen MR) is 96.1 cm³/mol. The largest absolute Gasteiger partial charge is 0.291 e. The molecule has 2 aromatic carbocycles. The maximum atomic E-state index is 12.1. The van der Waals surface area contributed by atoms with Crippen LogP contribution in [-0.4, -0.2) is 28.2 Å². The second kappa shape index (κ2) is 6.57. The van der Waals surface area contributed by atoms with E-state index in [0.717, 1.165) is 24.2 Å². The van der Waals surface area contributed by atoms with Crippen LogP contribution in [0.25, 0.3) is 10.8 Å². The van der Waals surface area contributed by atoms with Crippen molar-refractivity contribution in [3.63, 3.8) is 0 Å². The topological polar surface area (TPSA) is 49.0 Å². The van der Waals surface area contributed by atoms with Crippen molar-refractivity contribution in [1.29, 1.82) is 0 Å². The van der Waals surface area contributed by atoms with Crippen molar-refractivity contribution in [2.75, 3.05) is 13.1 Å². The van der Waals surface area contributed by atoms with Crippen molar-refractivity contribution in [2.24, 2.45) is 0 Å². The van der Waals surface area contributed by atoms with Gasteiger partial charge in [0.2, 0.25) is 0 Å². The normalized spacial score (nSPS) is 17.0. The molecule has 1 fully saturated rings. The minimum absolute atomic E-state index is 0.0771. The smallest absolute Gasteiger partial charge is 0.272 e. The molecule has 0 bridgehead atoms. The number of H-pyrrole nitrogens is 1. The standard InChI is InChI=1S/C20H21N3O/c24-20-17-12-6-5-11-16(17)18(21-22-20)19(15-9-3-1-4-10-15)23-13-7-2-8-14-23/h1,3-6,9-12,19H,2,7-8,13-14H2,(H,22,24). The fourth-order valence-corrected chi connectivity index (χ4v) is 3.70. The molecule has 0 radical (unpaired) electrons. The zero-order valence-electron chi connectivity index (χ0n) is 13.6. The summed E-state index contributed by atoms with van der Waals surface area (Å²) in [5.41, 5.74) is 2.04. The van der Waals surface area contributed by atoms with E-state index < -0.39 is 0 Å². The highest BCUT2D eigenvalue weighted by Gasteiger charge is 2.27. The van der Waals surface area contributed by atoms with Gasteiger partial charge in [0.25, 0.3) is 5.56 Å². The molecular weight excluding hydrogens is 298 g/mol. The van der Waals surface area contributed by atoms with Crippen LogP contribution < -0.4 is 5.56 Å². The fraction of sp³-hybridized carbons (Fsp3) is 0.300. The molecule has 1 N–H and O–H groups in total. The van der Waals surface area contributed by atoms with Gasteiger partial charge in [-0.2, -0.15) is 5.10 Å². The monoisotopic (exact) mass is 319 g/mol. The van der Waals surface area contributed by atoms with Gasteiger partial charge in [-0.25, -0.2) is 5.10 Å². The number of aromatic nitrogens is 2. The van der Waals surface area contributed by atoms with Crippen LogP contribution in [0.1, 0.15) is 36.6 Å². The Balaban J connectivity index is 1.91. The molecule has 1 aliphatic rings. The molecular formula is C20H21N3O. The summed E-state index contributed by atoms with van der Waals surface area (Å²) in [6.07, 6.45) is 3.72. The van der Waals surface area contributed by atoms with E-state index in [1.54, 1.807) is 0 Å². The van der Waals surface area contributed by atoms with Crippen LogP contribution in [0.4, 0.5) is 0 Å². The quantitative estimate of drug-likeness (QED) is 0.804. The first-order chi connectivity index (χ1) is 11.8. The first kappa shape index (κ1) is 15.1. The van der Waals surface area contributed by atoms with Crippen LogP contribution >= 0.6 is 0 Å². The van der Waals surface area contributed by atoms with E-state index in [0.29, 0.717) is 5.39 Å². The Kier molecular flexibility index (Phi) is 4.13. The summed E-state index contributed by atoms with van der Waals surface area (Å²) in [7, 11) is 0. The molecule has 1 atom stereocenters. The molecule has 1 saturated heterocycles. The average Bonchev–Trinajstić information content (AvgIpc) is 2.66. The molecule has 4 nitrogen and oxygen atoms in total. The Morgan fingerprint density at radius 2 is 1.54 bits per heavy atom. The van der Waals surface area contributed by atoms with E-state index >= 15 is 0 Å². The van der Waals surface area contributed by atoms with Crippen LogP contribution in [0.5, 0.6) is 0 Å². The minimum Gasteiger partial charge on any atom is -0.291 e. The number of hydrogen-bond acceptors (Lipinski definition) is 3.